The zero-order valence-corrected chi connectivity index (χ0v) is 8.98. The third kappa shape index (κ3) is 2.19. The molecule has 17 heavy (non-hydrogen) atoms. The zero-order chi connectivity index (χ0) is 12.4. The molecule has 8 nitrogen and oxygen atoms in total. The quantitative estimate of drug-likeness (QED) is 0.574. The second-order valence-corrected chi connectivity index (χ2v) is 3.40. The van der Waals surface area contributed by atoms with Gasteiger partial charge in [0.1, 0.15) is 6.54 Å². The van der Waals surface area contributed by atoms with E-state index in [-0.39, 0.29) is 18.3 Å². The summed E-state index contributed by atoms with van der Waals surface area (Å²) in [5.74, 6) is -0.577. The highest BCUT2D eigenvalue weighted by atomic mass is 16.6. The van der Waals surface area contributed by atoms with E-state index in [1.807, 2.05) is 0 Å². The molecular formula is C9H9N5O3. The van der Waals surface area contributed by atoms with E-state index in [0.29, 0.717) is 5.69 Å². The molecule has 2 rings (SSSR count). The number of rotatable bonds is 3. The van der Waals surface area contributed by atoms with Crippen LogP contribution in [0.1, 0.15) is 10.5 Å². The van der Waals surface area contributed by atoms with E-state index in [0.717, 1.165) is 4.68 Å². The van der Waals surface area contributed by atoms with Gasteiger partial charge in [-0.15, -0.1) is 0 Å². The lowest BCUT2D eigenvalue weighted by atomic mass is 10.4. The molecule has 0 atom stereocenters. The van der Waals surface area contributed by atoms with Crippen LogP contribution in [0.5, 0.6) is 0 Å². The number of carbonyl (C=O) groups excluding carboxylic acids is 1. The van der Waals surface area contributed by atoms with Gasteiger partial charge in [0.25, 0.3) is 5.91 Å². The van der Waals surface area contributed by atoms with Crippen molar-refractivity contribution < 1.29 is 9.72 Å². The Labute approximate surface area is 95.6 Å². The predicted octanol–water partition coefficient (Wildman–Crippen LogP) is 0.637. The van der Waals surface area contributed by atoms with Gasteiger partial charge in [0, 0.05) is 12.4 Å². The summed E-state index contributed by atoms with van der Waals surface area (Å²) in [5.41, 5.74) is 0.553. The lowest BCUT2D eigenvalue weighted by Gasteiger charge is -1.99. The minimum atomic E-state index is -0.595. The van der Waals surface area contributed by atoms with Crippen molar-refractivity contribution in [3.05, 3.63) is 40.3 Å². The maximum Gasteiger partial charge on any atom is 0.390 e. The molecule has 88 valence electrons. The average Bonchev–Trinajstić information content (AvgIpc) is 2.88. The largest absolute Gasteiger partial charge is 0.390 e. The highest BCUT2D eigenvalue weighted by Crippen LogP contribution is 2.10. The molecule has 0 amide bonds. The summed E-state index contributed by atoms with van der Waals surface area (Å²) in [6.45, 7) is 1.57. The Morgan fingerprint density at radius 3 is 2.88 bits per heavy atom. The maximum atomic E-state index is 11.7. The highest BCUT2D eigenvalue weighted by molar-refractivity contribution is 5.77. The molecule has 2 heterocycles. The highest BCUT2D eigenvalue weighted by Gasteiger charge is 2.18. The third-order valence-corrected chi connectivity index (χ3v) is 2.20. The number of aryl methyl sites for hydroxylation is 1. The summed E-state index contributed by atoms with van der Waals surface area (Å²) < 4.78 is 2.44. The van der Waals surface area contributed by atoms with Crippen LogP contribution < -0.4 is 0 Å². The summed E-state index contributed by atoms with van der Waals surface area (Å²) in [7, 11) is 0. The molecule has 2 aromatic rings. The van der Waals surface area contributed by atoms with Crippen LogP contribution in [-0.4, -0.2) is 30.4 Å². The van der Waals surface area contributed by atoms with Crippen molar-refractivity contribution in [1.29, 1.82) is 0 Å². The Hall–Kier alpha value is -2.51. The Kier molecular flexibility index (Phi) is 2.69. The Morgan fingerprint density at radius 2 is 2.35 bits per heavy atom. The van der Waals surface area contributed by atoms with E-state index < -0.39 is 4.92 Å². The fraction of sp³-hybridized carbons (Fsp3) is 0.222. The first kappa shape index (κ1) is 11.0. The topological polar surface area (TPSA) is 95.9 Å². The molecule has 0 saturated carbocycles. The first-order chi connectivity index (χ1) is 8.08. The number of nitro groups is 1. The number of carbonyl (C=O) groups is 1. The molecule has 0 fully saturated rings. The Balaban J connectivity index is 2.19. The van der Waals surface area contributed by atoms with Crippen LogP contribution in [-0.2, 0) is 6.54 Å². The van der Waals surface area contributed by atoms with Crippen LogP contribution in [0.2, 0.25) is 0 Å². The minimum absolute atomic E-state index is 0.0820. The van der Waals surface area contributed by atoms with Crippen molar-refractivity contribution in [3.63, 3.8) is 0 Å². The number of aromatic nitrogens is 4. The fourth-order valence-corrected chi connectivity index (χ4v) is 1.36. The monoisotopic (exact) mass is 235 g/mol. The van der Waals surface area contributed by atoms with Crippen molar-refractivity contribution in [2.45, 2.75) is 13.5 Å². The number of nitrogens with zero attached hydrogens (tertiary/aromatic N) is 5. The van der Waals surface area contributed by atoms with E-state index in [1.54, 1.807) is 13.0 Å². The molecule has 0 spiro atoms. The lowest BCUT2D eigenvalue weighted by molar-refractivity contribution is -0.389. The molecule has 0 bridgehead atoms. The molecule has 0 saturated heterocycles. The van der Waals surface area contributed by atoms with Crippen molar-refractivity contribution in [2.24, 2.45) is 0 Å². The van der Waals surface area contributed by atoms with E-state index >= 15 is 0 Å². The van der Waals surface area contributed by atoms with Crippen LogP contribution in [0.25, 0.3) is 0 Å². The second-order valence-electron chi connectivity index (χ2n) is 3.40. The second kappa shape index (κ2) is 4.16. The van der Waals surface area contributed by atoms with Gasteiger partial charge in [-0.25, -0.2) is 4.68 Å². The molecule has 0 aliphatic carbocycles. The molecule has 0 aromatic carbocycles. The first-order valence-electron chi connectivity index (χ1n) is 4.79. The van der Waals surface area contributed by atoms with Crippen LogP contribution in [0.3, 0.4) is 0 Å². The standard InChI is InChI=1S/C9H9N5O3/c1-7-5-8(14(16)17)11-13(7)6-9(15)12-4-2-3-10-12/h2-5H,6H2,1H3. The molecule has 0 aliphatic heterocycles. The van der Waals surface area contributed by atoms with Gasteiger partial charge in [-0.2, -0.15) is 9.78 Å². The molecule has 0 radical (unpaired) electrons. The summed E-state index contributed by atoms with van der Waals surface area (Å²) in [6, 6.07) is 2.94. The van der Waals surface area contributed by atoms with E-state index in [4.69, 9.17) is 0 Å². The normalized spacial score (nSPS) is 10.4. The number of hydrogen-bond donors (Lipinski definition) is 0. The van der Waals surface area contributed by atoms with Crippen molar-refractivity contribution in [1.82, 2.24) is 19.6 Å². The van der Waals surface area contributed by atoms with Crippen LogP contribution in [0.15, 0.2) is 24.5 Å². The lowest BCUT2D eigenvalue weighted by Crippen LogP contribution is -2.19. The first-order valence-corrected chi connectivity index (χ1v) is 4.79. The van der Waals surface area contributed by atoms with Crippen molar-refractivity contribution >= 4 is 11.7 Å². The smallest absolute Gasteiger partial charge is 0.358 e. The molecule has 2 aromatic heterocycles. The predicted molar refractivity (Wildman–Crippen MR) is 56.5 cm³/mol. The third-order valence-electron chi connectivity index (χ3n) is 2.20. The van der Waals surface area contributed by atoms with Gasteiger partial charge in [0.15, 0.2) is 0 Å². The minimum Gasteiger partial charge on any atom is -0.358 e. The summed E-state index contributed by atoms with van der Waals surface area (Å²) in [6.07, 6.45) is 2.99. The van der Waals surface area contributed by atoms with Gasteiger partial charge < -0.3 is 10.1 Å². The average molecular weight is 235 g/mol. The van der Waals surface area contributed by atoms with Crippen LogP contribution in [0, 0.1) is 17.0 Å². The number of hydrogen-bond acceptors (Lipinski definition) is 5. The summed E-state index contributed by atoms with van der Waals surface area (Å²) in [5, 5.41) is 18.0. The maximum absolute atomic E-state index is 11.7. The van der Waals surface area contributed by atoms with E-state index in [9.17, 15) is 14.9 Å². The Morgan fingerprint density at radius 1 is 1.59 bits per heavy atom. The van der Waals surface area contributed by atoms with E-state index in [2.05, 4.69) is 10.2 Å². The zero-order valence-electron chi connectivity index (χ0n) is 8.98. The molecule has 0 N–H and O–H groups in total. The molecule has 0 aliphatic rings. The molecular weight excluding hydrogens is 226 g/mol. The molecule has 8 heteroatoms. The van der Waals surface area contributed by atoms with Crippen molar-refractivity contribution in [3.8, 4) is 0 Å². The fourth-order valence-electron chi connectivity index (χ4n) is 1.36. The van der Waals surface area contributed by atoms with Gasteiger partial charge in [0.2, 0.25) is 0 Å². The van der Waals surface area contributed by atoms with Gasteiger partial charge in [0.05, 0.1) is 16.9 Å². The Bertz CT molecular complexity index is 557. The van der Waals surface area contributed by atoms with E-state index in [1.165, 1.54) is 23.1 Å². The molecule has 0 unspecified atom stereocenters. The van der Waals surface area contributed by atoms with Gasteiger partial charge in [-0.3, -0.25) is 4.79 Å². The summed E-state index contributed by atoms with van der Waals surface area (Å²) in [4.78, 5) is 21.6. The SMILES string of the molecule is Cc1cc([N+](=O)[O-])nn1CC(=O)n1cccn1. The van der Waals surface area contributed by atoms with Crippen molar-refractivity contribution in [2.75, 3.05) is 0 Å². The summed E-state index contributed by atoms with van der Waals surface area (Å²) >= 11 is 0. The van der Waals surface area contributed by atoms with Crippen LogP contribution >= 0.6 is 0 Å². The van der Waals surface area contributed by atoms with Gasteiger partial charge in [-0.05, 0) is 17.9 Å². The van der Waals surface area contributed by atoms with Crippen LogP contribution in [0.4, 0.5) is 5.82 Å². The van der Waals surface area contributed by atoms with Gasteiger partial charge in [-0.1, -0.05) is 0 Å². The van der Waals surface area contributed by atoms with Gasteiger partial charge >= 0.3 is 5.82 Å².